The van der Waals surface area contributed by atoms with Gasteiger partial charge in [0.1, 0.15) is 5.58 Å². The van der Waals surface area contributed by atoms with Gasteiger partial charge in [-0.1, -0.05) is 6.07 Å². The summed E-state index contributed by atoms with van der Waals surface area (Å²) in [7, 11) is 0. The molecule has 0 aliphatic heterocycles. The maximum Gasteiger partial charge on any atom is 0.371 e. The predicted octanol–water partition coefficient (Wildman–Crippen LogP) is 2.65. The molecular weight excluding hydrogens is 258 g/mol. The molecule has 0 saturated carbocycles. The van der Waals surface area contributed by atoms with Crippen molar-refractivity contribution in [3.8, 4) is 0 Å². The Morgan fingerprint density at radius 1 is 1.45 bits per heavy atom. The highest BCUT2D eigenvalue weighted by atomic mass is 16.5. The fraction of sp³-hybridized carbons (Fsp3) is 0.400. The molecule has 108 valence electrons. The van der Waals surface area contributed by atoms with Gasteiger partial charge in [-0.05, 0) is 37.6 Å². The first-order valence-electron chi connectivity index (χ1n) is 6.67. The summed E-state index contributed by atoms with van der Waals surface area (Å²) in [6, 6.07) is 7.48. The third-order valence-electron chi connectivity index (χ3n) is 3.02. The summed E-state index contributed by atoms with van der Waals surface area (Å²) in [6.07, 6.45) is 0. The van der Waals surface area contributed by atoms with Crippen molar-refractivity contribution in [1.82, 2.24) is 5.32 Å². The number of carbonyl (C=O) groups is 1. The van der Waals surface area contributed by atoms with Crippen LogP contribution in [0.1, 0.15) is 30.0 Å². The number of nitrogens with one attached hydrogen (secondary N) is 1. The molecule has 2 rings (SSSR count). The third-order valence-corrected chi connectivity index (χ3v) is 3.02. The van der Waals surface area contributed by atoms with Gasteiger partial charge in [0.25, 0.3) is 0 Å². The van der Waals surface area contributed by atoms with Gasteiger partial charge in [0.15, 0.2) is 0 Å². The molecule has 0 bridgehead atoms. The molecule has 0 radical (unpaired) electrons. The lowest BCUT2D eigenvalue weighted by atomic mass is 10.1. The third kappa shape index (κ3) is 3.59. The number of aromatic carboxylic acids is 1. The van der Waals surface area contributed by atoms with E-state index in [0.717, 1.165) is 10.9 Å². The molecule has 5 heteroatoms. The van der Waals surface area contributed by atoms with E-state index < -0.39 is 5.97 Å². The summed E-state index contributed by atoms with van der Waals surface area (Å²) in [4.78, 5) is 10.9. The molecular formula is C15H19NO4. The summed E-state index contributed by atoms with van der Waals surface area (Å²) >= 11 is 0. The van der Waals surface area contributed by atoms with E-state index >= 15 is 0 Å². The minimum atomic E-state index is -1.05. The topological polar surface area (TPSA) is 71.7 Å². The lowest BCUT2D eigenvalue weighted by molar-refractivity contribution is 0.0665. The highest BCUT2D eigenvalue weighted by molar-refractivity contribution is 5.91. The molecule has 1 heterocycles. The van der Waals surface area contributed by atoms with Gasteiger partial charge in [-0.15, -0.1) is 0 Å². The molecule has 2 aromatic rings. The number of furan rings is 1. The molecule has 20 heavy (non-hydrogen) atoms. The minimum Gasteiger partial charge on any atom is -0.475 e. The van der Waals surface area contributed by atoms with E-state index in [4.69, 9.17) is 14.3 Å². The van der Waals surface area contributed by atoms with Gasteiger partial charge >= 0.3 is 5.97 Å². The highest BCUT2D eigenvalue weighted by Gasteiger charge is 2.10. The Hall–Kier alpha value is -1.85. The summed E-state index contributed by atoms with van der Waals surface area (Å²) in [5.41, 5.74) is 1.67. The maximum absolute atomic E-state index is 10.9. The average molecular weight is 277 g/mol. The van der Waals surface area contributed by atoms with Crippen LogP contribution < -0.4 is 5.32 Å². The number of fused-ring (bicyclic) bond motifs is 1. The number of rotatable bonds is 7. The van der Waals surface area contributed by atoms with Crippen LogP contribution in [0.5, 0.6) is 0 Å². The summed E-state index contributed by atoms with van der Waals surface area (Å²) in [5, 5.41) is 13.1. The molecule has 1 unspecified atom stereocenters. The standard InChI is InChI=1S/C15H19NO4/c1-3-19-9-10(2)16-8-11-4-5-13-12(6-11)7-14(20-13)15(17)18/h4-7,10,16H,3,8-9H2,1-2H3,(H,17,18). The zero-order valence-corrected chi connectivity index (χ0v) is 11.7. The van der Waals surface area contributed by atoms with E-state index in [1.807, 2.05) is 19.1 Å². The number of hydrogen-bond acceptors (Lipinski definition) is 4. The van der Waals surface area contributed by atoms with E-state index in [1.165, 1.54) is 0 Å². The van der Waals surface area contributed by atoms with Gasteiger partial charge in [-0.25, -0.2) is 4.79 Å². The Labute approximate surface area is 117 Å². The van der Waals surface area contributed by atoms with E-state index in [-0.39, 0.29) is 11.8 Å². The second-order valence-electron chi connectivity index (χ2n) is 4.73. The van der Waals surface area contributed by atoms with Crippen LogP contribution in [-0.4, -0.2) is 30.3 Å². The zero-order valence-electron chi connectivity index (χ0n) is 11.7. The van der Waals surface area contributed by atoms with Crippen molar-refractivity contribution in [2.75, 3.05) is 13.2 Å². The fourth-order valence-corrected chi connectivity index (χ4v) is 1.95. The number of carboxylic acid groups (broad SMARTS) is 1. The lowest BCUT2D eigenvalue weighted by Crippen LogP contribution is -2.30. The molecule has 0 spiro atoms. The molecule has 0 aliphatic carbocycles. The molecule has 5 nitrogen and oxygen atoms in total. The van der Waals surface area contributed by atoms with Crippen LogP contribution in [0.4, 0.5) is 0 Å². The SMILES string of the molecule is CCOCC(C)NCc1ccc2oc(C(=O)O)cc2c1. The van der Waals surface area contributed by atoms with Crippen LogP contribution in [0, 0.1) is 0 Å². The van der Waals surface area contributed by atoms with Gasteiger partial charge in [0, 0.05) is 24.6 Å². The van der Waals surface area contributed by atoms with E-state index in [2.05, 4.69) is 12.2 Å². The molecule has 1 aromatic heterocycles. The Kier molecular flexibility index (Phi) is 4.76. The molecule has 0 saturated heterocycles. The minimum absolute atomic E-state index is 0.0326. The number of ether oxygens (including phenoxy) is 1. The Bertz CT molecular complexity index is 591. The van der Waals surface area contributed by atoms with Crippen LogP contribution in [0.3, 0.4) is 0 Å². The molecule has 1 atom stereocenters. The van der Waals surface area contributed by atoms with Gasteiger partial charge in [0.05, 0.1) is 6.61 Å². The van der Waals surface area contributed by atoms with Crippen molar-refractivity contribution >= 4 is 16.9 Å². The van der Waals surface area contributed by atoms with E-state index in [9.17, 15) is 4.79 Å². The fourth-order valence-electron chi connectivity index (χ4n) is 1.95. The Morgan fingerprint density at radius 2 is 2.25 bits per heavy atom. The largest absolute Gasteiger partial charge is 0.475 e. The normalized spacial score (nSPS) is 12.7. The zero-order chi connectivity index (χ0) is 14.5. The smallest absolute Gasteiger partial charge is 0.371 e. The maximum atomic E-state index is 10.9. The lowest BCUT2D eigenvalue weighted by Gasteiger charge is -2.13. The van der Waals surface area contributed by atoms with Gasteiger partial charge in [-0.3, -0.25) is 0 Å². The van der Waals surface area contributed by atoms with E-state index in [1.54, 1.807) is 12.1 Å². The first-order chi connectivity index (χ1) is 9.60. The van der Waals surface area contributed by atoms with Crippen molar-refractivity contribution in [3.05, 3.63) is 35.6 Å². The van der Waals surface area contributed by atoms with Crippen LogP contribution in [0.25, 0.3) is 11.0 Å². The van der Waals surface area contributed by atoms with Crippen LogP contribution in [0.15, 0.2) is 28.7 Å². The van der Waals surface area contributed by atoms with Crippen LogP contribution >= 0.6 is 0 Å². The molecule has 0 fully saturated rings. The molecule has 1 aromatic carbocycles. The molecule has 2 N–H and O–H groups in total. The summed E-state index contributed by atoms with van der Waals surface area (Å²) in [5.74, 6) is -1.08. The van der Waals surface area contributed by atoms with Crippen molar-refractivity contribution in [2.45, 2.75) is 26.4 Å². The predicted molar refractivity (Wildman–Crippen MR) is 76.0 cm³/mol. The van der Waals surface area contributed by atoms with Crippen LogP contribution in [-0.2, 0) is 11.3 Å². The second-order valence-corrected chi connectivity index (χ2v) is 4.73. The highest BCUT2D eigenvalue weighted by Crippen LogP contribution is 2.20. The Balaban J connectivity index is 2.02. The monoisotopic (exact) mass is 277 g/mol. The number of hydrogen-bond donors (Lipinski definition) is 2. The second kappa shape index (κ2) is 6.54. The van der Waals surface area contributed by atoms with Crippen molar-refractivity contribution in [2.24, 2.45) is 0 Å². The number of benzene rings is 1. The van der Waals surface area contributed by atoms with Crippen molar-refractivity contribution in [1.29, 1.82) is 0 Å². The van der Waals surface area contributed by atoms with Gasteiger partial charge in [0.2, 0.25) is 5.76 Å². The quantitative estimate of drug-likeness (QED) is 0.814. The Morgan fingerprint density at radius 3 is 2.95 bits per heavy atom. The van der Waals surface area contributed by atoms with Crippen molar-refractivity contribution in [3.63, 3.8) is 0 Å². The summed E-state index contributed by atoms with van der Waals surface area (Å²) in [6.45, 7) is 6.13. The first kappa shape index (κ1) is 14.6. The molecule has 0 aliphatic rings. The summed E-state index contributed by atoms with van der Waals surface area (Å²) < 4.78 is 10.6. The van der Waals surface area contributed by atoms with Gasteiger partial charge in [-0.2, -0.15) is 0 Å². The van der Waals surface area contributed by atoms with E-state index in [0.29, 0.717) is 25.3 Å². The first-order valence-corrected chi connectivity index (χ1v) is 6.67. The van der Waals surface area contributed by atoms with Gasteiger partial charge < -0.3 is 19.6 Å². The average Bonchev–Trinajstić information content (AvgIpc) is 2.86. The van der Waals surface area contributed by atoms with Crippen molar-refractivity contribution < 1.29 is 19.1 Å². The number of carboxylic acids is 1. The van der Waals surface area contributed by atoms with Crippen LogP contribution in [0.2, 0.25) is 0 Å². The molecule has 0 amide bonds.